The first-order valence-electron chi connectivity index (χ1n) is 8.80. The molecule has 0 aliphatic heterocycles. The number of ether oxygens (including phenoxy) is 1. The van der Waals surface area contributed by atoms with Gasteiger partial charge in [0, 0.05) is 11.9 Å². The minimum absolute atomic E-state index is 0.0257. The van der Waals surface area contributed by atoms with E-state index in [0.29, 0.717) is 29.8 Å². The van der Waals surface area contributed by atoms with Gasteiger partial charge in [0.15, 0.2) is 0 Å². The molecule has 2 aromatic carbocycles. The molecule has 2 heterocycles. The summed E-state index contributed by atoms with van der Waals surface area (Å²) < 4.78 is 15.8. The number of hydrogen-bond acceptors (Lipinski definition) is 6. The molecule has 0 saturated carbocycles. The van der Waals surface area contributed by atoms with Crippen LogP contribution < -0.4 is 15.8 Å². The molecule has 0 atom stereocenters. The molecule has 0 radical (unpaired) electrons. The Morgan fingerprint density at radius 3 is 2.75 bits per heavy atom. The number of nitrogens with two attached hydrogens (primary N) is 1. The molecule has 2 aromatic heterocycles. The zero-order valence-corrected chi connectivity index (χ0v) is 15.3. The van der Waals surface area contributed by atoms with E-state index in [1.165, 1.54) is 0 Å². The SMILES string of the molecule is COc1ccc(CCNC(=O)c2c(-c3coc4ccccc34)noc2N)cc1. The van der Waals surface area contributed by atoms with Crippen molar-refractivity contribution in [1.29, 1.82) is 0 Å². The van der Waals surface area contributed by atoms with Crippen LogP contribution in [0.4, 0.5) is 5.88 Å². The standard InChI is InChI=1S/C21H19N3O4/c1-26-14-8-6-13(7-9-14)10-11-23-21(25)18-19(24-28-20(18)22)16-12-27-17-5-3-2-4-15(16)17/h2-9,12H,10-11,22H2,1H3,(H,23,25). The second-order valence-corrected chi connectivity index (χ2v) is 6.27. The zero-order valence-electron chi connectivity index (χ0n) is 15.3. The molecule has 142 valence electrons. The monoisotopic (exact) mass is 377 g/mol. The second kappa shape index (κ2) is 7.48. The highest BCUT2D eigenvalue weighted by molar-refractivity contribution is 6.06. The number of aromatic nitrogens is 1. The highest BCUT2D eigenvalue weighted by Crippen LogP contribution is 2.34. The third-order valence-corrected chi connectivity index (χ3v) is 4.54. The van der Waals surface area contributed by atoms with Gasteiger partial charge in [-0.3, -0.25) is 4.79 Å². The number of anilines is 1. The van der Waals surface area contributed by atoms with Crippen molar-refractivity contribution in [2.45, 2.75) is 6.42 Å². The molecule has 0 unspecified atom stereocenters. The maximum atomic E-state index is 12.7. The number of benzene rings is 2. The van der Waals surface area contributed by atoms with Crippen molar-refractivity contribution in [3.63, 3.8) is 0 Å². The van der Waals surface area contributed by atoms with Crippen LogP contribution in [-0.4, -0.2) is 24.7 Å². The van der Waals surface area contributed by atoms with Crippen molar-refractivity contribution in [2.75, 3.05) is 19.4 Å². The van der Waals surface area contributed by atoms with Crippen molar-refractivity contribution in [3.05, 3.63) is 65.9 Å². The lowest BCUT2D eigenvalue weighted by molar-refractivity contribution is 0.0955. The van der Waals surface area contributed by atoms with Crippen LogP contribution in [0.2, 0.25) is 0 Å². The van der Waals surface area contributed by atoms with E-state index in [0.717, 1.165) is 16.7 Å². The van der Waals surface area contributed by atoms with Crippen LogP contribution in [0.15, 0.2) is 63.7 Å². The molecule has 4 rings (SSSR count). The molecule has 0 spiro atoms. The summed E-state index contributed by atoms with van der Waals surface area (Å²) in [4.78, 5) is 12.7. The number of para-hydroxylation sites is 1. The molecule has 1 amide bonds. The minimum Gasteiger partial charge on any atom is -0.497 e. The summed E-state index contributed by atoms with van der Waals surface area (Å²) in [6.45, 7) is 0.446. The van der Waals surface area contributed by atoms with Gasteiger partial charge >= 0.3 is 0 Å². The Labute approximate surface area is 161 Å². The lowest BCUT2D eigenvalue weighted by Gasteiger charge is -2.06. The van der Waals surface area contributed by atoms with Crippen LogP contribution in [0, 0.1) is 0 Å². The number of amides is 1. The first kappa shape index (κ1) is 17.7. The van der Waals surface area contributed by atoms with Gasteiger partial charge < -0.3 is 24.7 Å². The molecule has 0 bridgehead atoms. The molecule has 28 heavy (non-hydrogen) atoms. The summed E-state index contributed by atoms with van der Waals surface area (Å²) >= 11 is 0. The maximum Gasteiger partial charge on any atom is 0.259 e. The fourth-order valence-electron chi connectivity index (χ4n) is 3.07. The molecule has 7 nitrogen and oxygen atoms in total. The summed E-state index contributed by atoms with van der Waals surface area (Å²) in [5.41, 5.74) is 8.89. The Kier molecular flexibility index (Phi) is 4.72. The molecule has 3 N–H and O–H groups in total. The predicted octanol–water partition coefficient (Wildman–Crippen LogP) is 3.65. The quantitative estimate of drug-likeness (QED) is 0.532. The van der Waals surface area contributed by atoms with Crippen molar-refractivity contribution in [2.24, 2.45) is 0 Å². The van der Waals surface area contributed by atoms with Gasteiger partial charge in [-0.25, -0.2) is 0 Å². The number of carbonyl (C=O) groups is 1. The summed E-state index contributed by atoms with van der Waals surface area (Å²) in [5.74, 6) is 0.428. The van der Waals surface area contributed by atoms with Crippen LogP contribution >= 0.6 is 0 Å². The molecule has 0 saturated heterocycles. The van der Waals surface area contributed by atoms with Crippen molar-refractivity contribution in [1.82, 2.24) is 10.5 Å². The lowest BCUT2D eigenvalue weighted by Crippen LogP contribution is -2.26. The fourth-order valence-corrected chi connectivity index (χ4v) is 3.07. The zero-order chi connectivity index (χ0) is 19.5. The third kappa shape index (κ3) is 3.29. The number of rotatable bonds is 6. The number of nitrogens with zero attached hydrogens (tertiary/aromatic N) is 1. The van der Waals surface area contributed by atoms with Crippen LogP contribution in [0.1, 0.15) is 15.9 Å². The third-order valence-electron chi connectivity index (χ3n) is 4.54. The van der Waals surface area contributed by atoms with Gasteiger partial charge in [-0.15, -0.1) is 0 Å². The topological polar surface area (TPSA) is 104 Å². The number of methoxy groups -OCH3 is 1. The van der Waals surface area contributed by atoms with Crippen molar-refractivity contribution in [3.8, 4) is 17.0 Å². The number of nitrogen functional groups attached to an aromatic ring is 1. The number of carbonyl (C=O) groups excluding carboxylic acids is 1. The fraction of sp³-hybridized carbons (Fsp3) is 0.143. The first-order valence-corrected chi connectivity index (χ1v) is 8.80. The van der Waals surface area contributed by atoms with Crippen LogP contribution in [0.3, 0.4) is 0 Å². The highest BCUT2D eigenvalue weighted by atomic mass is 16.5. The van der Waals surface area contributed by atoms with Gasteiger partial charge in [0.1, 0.15) is 28.9 Å². The number of hydrogen-bond donors (Lipinski definition) is 2. The Morgan fingerprint density at radius 1 is 1.18 bits per heavy atom. The Morgan fingerprint density at radius 2 is 1.96 bits per heavy atom. The van der Waals surface area contributed by atoms with E-state index in [1.54, 1.807) is 13.4 Å². The predicted molar refractivity (Wildman–Crippen MR) is 105 cm³/mol. The first-order chi connectivity index (χ1) is 13.7. The van der Waals surface area contributed by atoms with Crippen molar-refractivity contribution >= 4 is 22.8 Å². The summed E-state index contributed by atoms with van der Waals surface area (Å²) in [7, 11) is 1.62. The van der Waals surface area contributed by atoms with E-state index in [1.807, 2.05) is 48.5 Å². The second-order valence-electron chi connectivity index (χ2n) is 6.27. The average molecular weight is 377 g/mol. The van der Waals surface area contributed by atoms with E-state index in [4.69, 9.17) is 19.4 Å². The highest BCUT2D eigenvalue weighted by Gasteiger charge is 2.24. The smallest absolute Gasteiger partial charge is 0.259 e. The van der Waals surface area contributed by atoms with Gasteiger partial charge in [0.25, 0.3) is 5.91 Å². The van der Waals surface area contributed by atoms with Gasteiger partial charge in [-0.2, -0.15) is 0 Å². The minimum atomic E-state index is -0.340. The average Bonchev–Trinajstić information content (AvgIpc) is 3.31. The maximum absolute atomic E-state index is 12.7. The molecular formula is C21H19N3O4. The van der Waals surface area contributed by atoms with Crippen molar-refractivity contribution < 1.29 is 18.5 Å². The number of furan rings is 1. The van der Waals surface area contributed by atoms with Gasteiger partial charge in [0.05, 0.1) is 12.7 Å². The summed E-state index contributed by atoms with van der Waals surface area (Å²) in [5, 5.41) is 7.69. The van der Waals surface area contributed by atoms with E-state index in [9.17, 15) is 4.79 Å². The summed E-state index contributed by atoms with van der Waals surface area (Å²) in [6.07, 6.45) is 2.22. The van der Waals surface area contributed by atoms with Crippen LogP contribution in [0.5, 0.6) is 5.75 Å². The number of nitrogens with one attached hydrogen (secondary N) is 1. The molecule has 7 heteroatoms. The van der Waals surface area contributed by atoms with E-state index in [2.05, 4.69) is 10.5 Å². The molecule has 0 aliphatic rings. The Bertz CT molecular complexity index is 1110. The molecular weight excluding hydrogens is 358 g/mol. The van der Waals surface area contributed by atoms with E-state index in [-0.39, 0.29) is 17.4 Å². The van der Waals surface area contributed by atoms with Gasteiger partial charge in [-0.1, -0.05) is 35.5 Å². The van der Waals surface area contributed by atoms with Gasteiger partial charge in [0.2, 0.25) is 5.88 Å². The largest absolute Gasteiger partial charge is 0.497 e. The molecule has 0 fully saturated rings. The van der Waals surface area contributed by atoms with E-state index < -0.39 is 0 Å². The van der Waals surface area contributed by atoms with Crippen LogP contribution in [-0.2, 0) is 6.42 Å². The summed E-state index contributed by atoms with van der Waals surface area (Å²) in [6, 6.07) is 15.2. The molecule has 4 aromatic rings. The van der Waals surface area contributed by atoms with E-state index >= 15 is 0 Å². The normalized spacial score (nSPS) is 10.9. The Balaban J connectivity index is 1.51. The Hall–Kier alpha value is -3.74. The van der Waals surface area contributed by atoms with Gasteiger partial charge in [-0.05, 0) is 30.2 Å². The number of fused-ring (bicyclic) bond motifs is 1. The van der Waals surface area contributed by atoms with Crippen LogP contribution in [0.25, 0.3) is 22.2 Å². The lowest BCUT2D eigenvalue weighted by atomic mass is 10.1. The molecule has 0 aliphatic carbocycles.